The molecular formula is C21H19ClFN5O3. The molecule has 1 amide bonds. The van der Waals surface area contributed by atoms with Crippen LogP contribution < -0.4 is 4.74 Å². The molecule has 1 saturated heterocycles. The molecular weight excluding hydrogens is 425 g/mol. The summed E-state index contributed by atoms with van der Waals surface area (Å²) >= 11 is 6.74. The van der Waals surface area contributed by atoms with Crippen molar-refractivity contribution in [3.05, 3.63) is 53.6 Å². The third kappa shape index (κ3) is 3.12. The van der Waals surface area contributed by atoms with E-state index in [9.17, 15) is 14.3 Å². The number of pyridine rings is 1. The van der Waals surface area contributed by atoms with E-state index in [1.165, 1.54) is 30.6 Å². The third-order valence-corrected chi connectivity index (χ3v) is 6.19. The van der Waals surface area contributed by atoms with Crippen LogP contribution >= 0.6 is 11.6 Å². The summed E-state index contributed by atoms with van der Waals surface area (Å²) in [5.74, 6) is -0.602. The summed E-state index contributed by atoms with van der Waals surface area (Å²) < 4.78 is 22.4. The second-order valence-corrected chi connectivity index (χ2v) is 7.93. The van der Waals surface area contributed by atoms with Crippen molar-refractivity contribution >= 4 is 23.2 Å². The molecule has 0 saturated carbocycles. The molecule has 5 rings (SSSR count). The molecule has 2 aliphatic rings. The number of hydrogen-bond acceptors (Lipinski definition) is 6. The number of ether oxygens (including phenoxy) is 1. The zero-order chi connectivity index (χ0) is 21.7. The number of carbonyl (C=O) groups excluding carboxylic acids is 1. The molecule has 1 fully saturated rings. The van der Waals surface area contributed by atoms with E-state index < -0.39 is 5.82 Å². The molecule has 2 aliphatic heterocycles. The first-order valence-corrected chi connectivity index (χ1v) is 10.2. The number of rotatable bonds is 2. The van der Waals surface area contributed by atoms with E-state index in [4.69, 9.17) is 16.3 Å². The van der Waals surface area contributed by atoms with E-state index in [0.717, 1.165) is 5.56 Å². The minimum absolute atomic E-state index is 0.0468. The van der Waals surface area contributed by atoms with Crippen molar-refractivity contribution in [2.75, 3.05) is 26.2 Å². The third-order valence-electron chi connectivity index (χ3n) is 5.84. The van der Waals surface area contributed by atoms with Crippen LogP contribution in [0.2, 0.25) is 5.02 Å². The van der Waals surface area contributed by atoms with Crippen molar-refractivity contribution in [3.8, 4) is 22.8 Å². The van der Waals surface area contributed by atoms with Crippen molar-refractivity contribution in [2.45, 2.75) is 12.6 Å². The Kier molecular flexibility index (Phi) is 4.79. The van der Waals surface area contributed by atoms with Gasteiger partial charge in [0.05, 0.1) is 22.9 Å². The van der Waals surface area contributed by atoms with E-state index in [0.29, 0.717) is 44.2 Å². The van der Waals surface area contributed by atoms with Crippen LogP contribution in [0.15, 0.2) is 37.2 Å². The first kappa shape index (κ1) is 19.8. The van der Waals surface area contributed by atoms with Gasteiger partial charge in [-0.25, -0.2) is 4.39 Å². The average Bonchev–Trinajstić information content (AvgIpc) is 3.16. The lowest BCUT2D eigenvalue weighted by Crippen LogP contribution is -2.55. The number of piperazine rings is 1. The predicted molar refractivity (Wildman–Crippen MR) is 112 cm³/mol. The fraction of sp³-hybridized carbons (Fsp3) is 0.286. The van der Waals surface area contributed by atoms with E-state index in [1.807, 2.05) is 0 Å². The second kappa shape index (κ2) is 7.51. The van der Waals surface area contributed by atoms with Gasteiger partial charge in [0.1, 0.15) is 35.3 Å². The molecule has 2 aromatic heterocycles. The van der Waals surface area contributed by atoms with Gasteiger partial charge in [-0.3, -0.25) is 14.1 Å². The lowest BCUT2D eigenvalue weighted by atomic mass is 10.1. The van der Waals surface area contributed by atoms with Gasteiger partial charge < -0.3 is 14.7 Å². The number of halogens is 2. The fourth-order valence-electron chi connectivity index (χ4n) is 4.29. The SMILES string of the molecule is C=CC(=O)N1CCN2Cc3c(c(Cl)c(-c4c(O)cccc4F)n4cnnc34)OC[C@H]2C1. The van der Waals surface area contributed by atoms with Gasteiger partial charge in [0.15, 0.2) is 5.65 Å². The molecule has 0 bridgehead atoms. The molecule has 0 unspecified atom stereocenters. The molecule has 0 spiro atoms. The Hall–Kier alpha value is -3.17. The standard InChI is InChI=1S/C21H19ClFN5O3/c1-2-16(30)27-7-6-26-9-13-20(31-10-12(26)8-27)18(22)19(28-11-24-25-21(13)28)17-14(23)4-3-5-15(17)29/h2-5,11-12,29H,1,6-10H2/t12-/m1/s1. The molecule has 160 valence electrons. The minimum Gasteiger partial charge on any atom is -0.507 e. The Morgan fingerprint density at radius 1 is 1.39 bits per heavy atom. The van der Waals surface area contributed by atoms with E-state index in [1.54, 1.807) is 9.30 Å². The van der Waals surface area contributed by atoms with Crippen LogP contribution in [0.5, 0.6) is 11.5 Å². The molecule has 3 aromatic rings. The number of hydrogen-bond donors (Lipinski definition) is 1. The van der Waals surface area contributed by atoms with Gasteiger partial charge in [-0.2, -0.15) is 0 Å². The Labute approximate surface area is 182 Å². The maximum absolute atomic E-state index is 14.7. The van der Waals surface area contributed by atoms with Crippen molar-refractivity contribution in [3.63, 3.8) is 0 Å². The van der Waals surface area contributed by atoms with E-state index in [-0.39, 0.29) is 34.0 Å². The van der Waals surface area contributed by atoms with Gasteiger partial charge in [-0.15, -0.1) is 10.2 Å². The van der Waals surface area contributed by atoms with Gasteiger partial charge >= 0.3 is 0 Å². The second-order valence-electron chi connectivity index (χ2n) is 7.55. The number of amides is 1. The number of aromatic nitrogens is 3. The first-order valence-electron chi connectivity index (χ1n) is 9.79. The highest BCUT2D eigenvalue weighted by molar-refractivity contribution is 6.35. The molecule has 8 nitrogen and oxygen atoms in total. The van der Waals surface area contributed by atoms with Crippen molar-refractivity contribution in [1.29, 1.82) is 0 Å². The highest BCUT2D eigenvalue weighted by Gasteiger charge is 2.35. The molecule has 1 atom stereocenters. The molecule has 31 heavy (non-hydrogen) atoms. The summed E-state index contributed by atoms with van der Waals surface area (Å²) in [4.78, 5) is 16.0. The number of benzene rings is 1. The normalized spacial score (nSPS) is 18.8. The van der Waals surface area contributed by atoms with Crippen LogP contribution in [0.3, 0.4) is 0 Å². The zero-order valence-electron chi connectivity index (χ0n) is 16.5. The number of nitrogens with zero attached hydrogens (tertiary/aromatic N) is 5. The van der Waals surface area contributed by atoms with Crippen LogP contribution in [-0.4, -0.2) is 67.7 Å². The van der Waals surface area contributed by atoms with Crippen molar-refractivity contribution in [1.82, 2.24) is 24.4 Å². The highest BCUT2D eigenvalue weighted by Crippen LogP contribution is 2.44. The molecule has 1 aromatic carbocycles. The van der Waals surface area contributed by atoms with E-state index in [2.05, 4.69) is 21.7 Å². The van der Waals surface area contributed by atoms with Gasteiger partial charge in [-0.05, 0) is 18.2 Å². The lowest BCUT2D eigenvalue weighted by Gasteiger charge is -2.39. The molecule has 0 radical (unpaired) electrons. The van der Waals surface area contributed by atoms with Gasteiger partial charge in [-0.1, -0.05) is 24.2 Å². The van der Waals surface area contributed by atoms with Crippen molar-refractivity contribution < 1.29 is 19.0 Å². The van der Waals surface area contributed by atoms with Gasteiger partial charge in [0.25, 0.3) is 0 Å². The van der Waals surface area contributed by atoms with Gasteiger partial charge in [0.2, 0.25) is 5.91 Å². The minimum atomic E-state index is -0.624. The summed E-state index contributed by atoms with van der Waals surface area (Å²) in [6, 6.07) is 4.01. The van der Waals surface area contributed by atoms with Crippen LogP contribution in [-0.2, 0) is 11.3 Å². The Balaban J connectivity index is 1.63. The van der Waals surface area contributed by atoms with E-state index >= 15 is 0 Å². The molecule has 10 heteroatoms. The summed E-state index contributed by atoms with van der Waals surface area (Å²) in [6.07, 6.45) is 2.75. The summed E-state index contributed by atoms with van der Waals surface area (Å²) in [7, 11) is 0. The topological polar surface area (TPSA) is 83.2 Å². The van der Waals surface area contributed by atoms with Crippen molar-refractivity contribution in [2.24, 2.45) is 0 Å². The quantitative estimate of drug-likeness (QED) is 0.613. The van der Waals surface area contributed by atoms with Crippen LogP contribution in [0.25, 0.3) is 16.9 Å². The largest absolute Gasteiger partial charge is 0.507 e. The van der Waals surface area contributed by atoms with Gasteiger partial charge in [0, 0.05) is 26.2 Å². The summed E-state index contributed by atoms with van der Waals surface area (Å²) in [5, 5.41) is 18.7. The predicted octanol–water partition coefficient (Wildman–Crippen LogP) is 2.49. The van der Waals surface area contributed by atoms with Crippen LogP contribution in [0, 0.1) is 5.82 Å². The fourth-order valence-corrected chi connectivity index (χ4v) is 4.65. The van der Waals surface area contributed by atoms with Crippen LogP contribution in [0.4, 0.5) is 4.39 Å². The molecule has 0 aliphatic carbocycles. The Morgan fingerprint density at radius 2 is 2.23 bits per heavy atom. The van der Waals surface area contributed by atoms with Crippen LogP contribution in [0.1, 0.15) is 5.56 Å². The highest BCUT2D eigenvalue weighted by atomic mass is 35.5. The average molecular weight is 444 g/mol. The smallest absolute Gasteiger partial charge is 0.246 e. The maximum atomic E-state index is 14.7. The zero-order valence-corrected chi connectivity index (χ0v) is 17.2. The summed E-state index contributed by atoms with van der Waals surface area (Å²) in [5.41, 5.74) is 1.38. The number of phenolic OH excluding ortho intramolecular Hbond substituents is 1. The number of carbonyl (C=O) groups is 1. The monoisotopic (exact) mass is 443 g/mol. The number of phenols is 1. The lowest BCUT2D eigenvalue weighted by molar-refractivity contribution is -0.129. The Morgan fingerprint density at radius 3 is 3.00 bits per heavy atom. The molecule has 1 N–H and O–H groups in total. The number of aromatic hydroxyl groups is 1. The maximum Gasteiger partial charge on any atom is 0.246 e. The Bertz CT molecular complexity index is 1190. The first-order chi connectivity index (χ1) is 15.0. The molecule has 4 heterocycles. The number of fused-ring (bicyclic) bond motifs is 4. The summed E-state index contributed by atoms with van der Waals surface area (Å²) in [6.45, 7) is 6.07.